The molecule has 2 heterocycles. The topological polar surface area (TPSA) is 92.5 Å². The van der Waals surface area contributed by atoms with Gasteiger partial charge in [-0.1, -0.05) is 5.10 Å². The molecule has 0 saturated carbocycles. The number of morpholine rings is 1. The number of halogens is 3. The van der Waals surface area contributed by atoms with Gasteiger partial charge in [0, 0.05) is 31.7 Å². The molecule has 0 radical (unpaired) electrons. The third-order valence-corrected chi connectivity index (χ3v) is 5.19. The average Bonchev–Trinajstić information content (AvgIpc) is 3.27. The van der Waals surface area contributed by atoms with Crippen molar-refractivity contribution >= 4 is 23.2 Å². The molecule has 2 N–H and O–H groups in total. The van der Waals surface area contributed by atoms with E-state index in [0.29, 0.717) is 19.8 Å². The fraction of sp³-hybridized carbons (Fsp3) is 0.318. The molecule has 1 aromatic heterocycles. The number of rotatable bonds is 8. The van der Waals surface area contributed by atoms with Crippen molar-refractivity contribution in [3.63, 3.8) is 0 Å². The molecule has 1 aliphatic rings. The summed E-state index contributed by atoms with van der Waals surface area (Å²) in [7, 11) is 0. The number of ether oxygens (including phenoxy) is 1. The van der Waals surface area contributed by atoms with Crippen LogP contribution in [-0.4, -0.2) is 60.3 Å². The summed E-state index contributed by atoms with van der Waals surface area (Å²) in [6.45, 7) is 5.64. The first-order valence-corrected chi connectivity index (χ1v) is 10.4. The Bertz CT molecular complexity index is 1150. The van der Waals surface area contributed by atoms with Gasteiger partial charge in [-0.25, -0.2) is 13.2 Å². The molecule has 0 aliphatic carbocycles. The Morgan fingerprint density at radius 3 is 2.61 bits per heavy atom. The number of ketones is 1. The average molecular weight is 461 g/mol. The fourth-order valence-electron chi connectivity index (χ4n) is 3.37. The Balaban J connectivity index is 1.53. The summed E-state index contributed by atoms with van der Waals surface area (Å²) < 4.78 is 53.9. The van der Waals surface area contributed by atoms with Gasteiger partial charge in [0.15, 0.2) is 17.4 Å². The molecule has 1 fully saturated rings. The molecule has 3 aromatic rings. The normalized spacial score (nSPS) is 14.3. The van der Waals surface area contributed by atoms with Crippen LogP contribution in [0.4, 0.5) is 30.6 Å². The van der Waals surface area contributed by atoms with Crippen LogP contribution in [0.5, 0.6) is 0 Å². The molecule has 174 valence electrons. The van der Waals surface area contributed by atoms with E-state index in [2.05, 4.69) is 25.7 Å². The summed E-state index contributed by atoms with van der Waals surface area (Å²) >= 11 is 0. The van der Waals surface area contributed by atoms with Gasteiger partial charge in [0.05, 0.1) is 30.2 Å². The first-order chi connectivity index (χ1) is 15.9. The maximum Gasteiger partial charge on any atom is 0.315 e. The van der Waals surface area contributed by atoms with E-state index in [0.717, 1.165) is 31.8 Å². The standard InChI is InChI=1S/C22H22F3N5O3/c1-13(31)14-2-5-18(17(24)12-14)27-20-15(3-4-16(23)19(20)25)21-28-29-22(33-21)26-6-7-30-8-10-32-11-9-30/h2-5,12,27H,6-11H2,1H3,(H,26,29). The van der Waals surface area contributed by atoms with Crippen LogP contribution in [0, 0.1) is 17.5 Å². The van der Waals surface area contributed by atoms with E-state index in [1.54, 1.807) is 0 Å². The first-order valence-electron chi connectivity index (χ1n) is 10.4. The van der Waals surface area contributed by atoms with E-state index >= 15 is 0 Å². The largest absolute Gasteiger partial charge is 0.403 e. The van der Waals surface area contributed by atoms with Crippen molar-refractivity contribution in [2.24, 2.45) is 0 Å². The highest BCUT2D eigenvalue weighted by Gasteiger charge is 2.21. The highest BCUT2D eigenvalue weighted by atomic mass is 19.2. The Kier molecular flexibility index (Phi) is 6.90. The number of hydrogen-bond acceptors (Lipinski definition) is 8. The van der Waals surface area contributed by atoms with Crippen LogP contribution >= 0.6 is 0 Å². The van der Waals surface area contributed by atoms with E-state index < -0.39 is 17.5 Å². The Morgan fingerprint density at radius 1 is 1.09 bits per heavy atom. The molecule has 0 atom stereocenters. The minimum Gasteiger partial charge on any atom is -0.403 e. The zero-order valence-corrected chi connectivity index (χ0v) is 17.8. The number of benzene rings is 2. The fourth-order valence-corrected chi connectivity index (χ4v) is 3.37. The van der Waals surface area contributed by atoms with E-state index in [1.165, 1.54) is 25.1 Å². The van der Waals surface area contributed by atoms with Crippen LogP contribution < -0.4 is 10.6 Å². The zero-order valence-electron chi connectivity index (χ0n) is 17.8. The molecule has 33 heavy (non-hydrogen) atoms. The minimum atomic E-state index is -1.23. The number of hydrogen-bond donors (Lipinski definition) is 2. The van der Waals surface area contributed by atoms with Crippen LogP contribution in [0.1, 0.15) is 17.3 Å². The second kappa shape index (κ2) is 10.0. The van der Waals surface area contributed by atoms with Gasteiger partial charge >= 0.3 is 6.01 Å². The molecule has 0 bridgehead atoms. The summed E-state index contributed by atoms with van der Waals surface area (Å²) in [5.74, 6) is -3.56. The summed E-state index contributed by atoms with van der Waals surface area (Å²) in [4.78, 5) is 13.7. The predicted octanol–water partition coefficient (Wildman–Crippen LogP) is 3.84. The lowest BCUT2D eigenvalue weighted by Crippen LogP contribution is -2.39. The number of carbonyl (C=O) groups excluding carboxylic acids is 1. The molecular formula is C22H22F3N5O3. The maximum absolute atomic E-state index is 14.7. The molecule has 2 aromatic carbocycles. The lowest BCUT2D eigenvalue weighted by molar-refractivity contribution is 0.0398. The van der Waals surface area contributed by atoms with E-state index in [-0.39, 0.29) is 40.2 Å². The van der Waals surface area contributed by atoms with E-state index in [4.69, 9.17) is 9.15 Å². The third kappa shape index (κ3) is 5.32. The van der Waals surface area contributed by atoms with Crippen molar-refractivity contribution < 1.29 is 27.1 Å². The van der Waals surface area contributed by atoms with Crippen molar-refractivity contribution in [2.75, 3.05) is 50.0 Å². The van der Waals surface area contributed by atoms with Crippen LogP contribution in [0.2, 0.25) is 0 Å². The minimum absolute atomic E-state index is 0.0534. The SMILES string of the molecule is CC(=O)c1ccc(Nc2c(-c3nnc(NCCN4CCOCC4)o3)ccc(F)c2F)c(F)c1. The number of nitrogens with zero attached hydrogens (tertiary/aromatic N) is 3. The Morgan fingerprint density at radius 2 is 1.88 bits per heavy atom. The number of carbonyl (C=O) groups is 1. The predicted molar refractivity (Wildman–Crippen MR) is 115 cm³/mol. The summed E-state index contributed by atoms with van der Waals surface area (Å²) in [5, 5.41) is 13.3. The quantitative estimate of drug-likeness (QED) is 0.489. The van der Waals surface area contributed by atoms with Gasteiger partial charge in [-0.3, -0.25) is 9.69 Å². The van der Waals surface area contributed by atoms with Crippen molar-refractivity contribution in [1.82, 2.24) is 15.1 Å². The van der Waals surface area contributed by atoms with Crippen molar-refractivity contribution in [1.29, 1.82) is 0 Å². The Labute approximate surface area is 187 Å². The van der Waals surface area contributed by atoms with Gasteiger partial charge in [-0.15, -0.1) is 5.10 Å². The van der Waals surface area contributed by atoms with E-state index in [9.17, 15) is 18.0 Å². The summed E-state index contributed by atoms with van der Waals surface area (Å²) in [6.07, 6.45) is 0. The van der Waals surface area contributed by atoms with Crippen LogP contribution in [-0.2, 0) is 4.74 Å². The lowest BCUT2D eigenvalue weighted by Gasteiger charge is -2.26. The molecule has 4 rings (SSSR count). The van der Waals surface area contributed by atoms with Gasteiger partial charge < -0.3 is 19.8 Å². The maximum atomic E-state index is 14.7. The summed E-state index contributed by atoms with van der Waals surface area (Å²) in [6, 6.07) is 5.96. The lowest BCUT2D eigenvalue weighted by atomic mass is 10.1. The third-order valence-electron chi connectivity index (χ3n) is 5.19. The molecule has 8 nitrogen and oxygen atoms in total. The second-order valence-electron chi connectivity index (χ2n) is 7.45. The molecule has 0 spiro atoms. The van der Waals surface area contributed by atoms with Gasteiger partial charge in [-0.05, 0) is 37.3 Å². The van der Waals surface area contributed by atoms with Crippen LogP contribution in [0.3, 0.4) is 0 Å². The van der Waals surface area contributed by atoms with Crippen LogP contribution in [0.25, 0.3) is 11.5 Å². The monoisotopic (exact) mass is 461 g/mol. The molecule has 11 heteroatoms. The number of Topliss-reactive ketones (excluding diaryl/α,β-unsaturated/α-hetero) is 1. The van der Waals surface area contributed by atoms with Crippen molar-refractivity contribution in [3.05, 3.63) is 53.3 Å². The van der Waals surface area contributed by atoms with Gasteiger partial charge in [0.2, 0.25) is 0 Å². The molecule has 0 amide bonds. The van der Waals surface area contributed by atoms with Gasteiger partial charge in [0.1, 0.15) is 5.82 Å². The zero-order chi connectivity index (χ0) is 23.4. The van der Waals surface area contributed by atoms with Crippen LogP contribution in [0.15, 0.2) is 34.7 Å². The number of anilines is 3. The van der Waals surface area contributed by atoms with E-state index in [1.807, 2.05) is 0 Å². The second-order valence-corrected chi connectivity index (χ2v) is 7.45. The first kappa shape index (κ1) is 22.7. The summed E-state index contributed by atoms with van der Waals surface area (Å²) in [5.41, 5.74) is -0.303. The van der Waals surface area contributed by atoms with Crippen molar-refractivity contribution in [2.45, 2.75) is 6.92 Å². The van der Waals surface area contributed by atoms with Crippen molar-refractivity contribution in [3.8, 4) is 11.5 Å². The molecule has 1 aliphatic heterocycles. The molecule has 1 saturated heterocycles. The molecule has 0 unspecified atom stereocenters. The highest BCUT2D eigenvalue weighted by Crippen LogP contribution is 2.34. The molecular weight excluding hydrogens is 439 g/mol. The highest BCUT2D eigenvalue weighted by molar-refractivity contribution is 5.94. The number of nitrogens with one attached hydrogen (secondary N) is 2. The smallest absolute Gasteiger partial charge is 0.315 e. The Hall–Kier alpha value is -3.44. The van der Waals surface area contributed by atoms with Gasteiger partial charge in [-0.2, -0.15) is 0 Å². The number of aromatic nitrogens is 2. The van der Waals surface area contributed by atoms with Gasteiger partial charge in [0.25, 0.3) is 5.89 Å².